The van der Waals surface area contributed by atoms with Crippen LogP contribution in [-0.2, 0) is 27.7 Å². The Labute approximate surface area is 127 Å². The summed E-state index contributed by atoms with van der Waals surface area (Å²) >= 11 is 1.08. The standard InChI is InChI=1S/C14H14N2O3S2/c17-13(5-8-21(18,19)14-15-6-7-20-14)16-9-11-3-1-2-4-12(11)10-16/h1-4,6-7H,5,8-10H2. The van der Waals surface area contributed by atoms with Crippen molar-refractivity contribution in [3.05, 3.63) is 47.0 Å². The van der Waals surface area contributed by atoms with E-state index in [0.29, 0.717) is 13.1 Å². The van der Waals surface area contributed by atoms with Crippen molar-refractivity contribution < 1.29 is 13.2 Å². The van der Waals surface area contributed by atoms with Crippen LogP contribution < -0.4 is 0 Å². The molecule has 3 rings (SSSR count). The second-order valence-electron chi connectivity index (χ2n) is 4.89. The van der Waals surface area contributed by atoms with E-state index in [9.17, 15) is 13.2 Å². The lowest BCUT2D eigenvalue weighted by molar-refractivity contribution is -0.131. The minimum Gasteiger partial charge on any atom is -0.334 e. The van der Waals surface area contributed by atoms with E-state index in [4.69, 9.17) is 0 Å². The van der Waals surface area contributed by atoms with E-state index in [1.807, 2.05) is 24.3 Å². The van der Waals surface area contributed by atoms with Gasteiger partial charge in [0.1, 0.15) is 0 Å². The number of rotatable bonds is 4. The first-order chi connectivity index (χ1) is 10.1. The summed E-state index contributed by atoms with van der Waals surface area (Å²) in [5, 5.41) is 1.62. The Hall–Kier alpha value is -1.73. The first kappa shape index (κ1) is 14.2. The van der Waals surface area contributed by atoms with Crippen LogP contribution >= 0.6 is 11.3 Å². The van der Waals surface area contributed by atoms with Crippen LogP contribution in [0.4, 0.5) is 0 Å². The number of hydrogen-bond acceptors (Lipinski definition) is 5. The predicted octanol–water partition coefficient (Wildman–Crippen LogP) is 1.85. The molecule has 1 aromatic carbocycles. The van der Waals surface area contributed by atoms with E-state index in [0.717, 1.165) is 22.5 Å². The van der Waals surface area contributed by atoms with E-state index < -0.39 is 9.84 Å². The highest BCUT2D eigenvalue weighted by atomic mass is 32.2. The molecule has 2 aromatic rings. The molecule has 110 valence electrons. The van der Waals surface area contributed by atoms with Gasteiger partial charge in [0.05, 0.1) is 5.75 Å². The first-order valence-electron chi connectivity index (χ1n) is 6.53. The average Bonchev–Trinajstić information content (AvgIpc) is 3.13. The Morgan fingerprint density at radius 2 is 1.90 bits per heavy atom. The molecule has 1 amide bonds. The maximum atomic E-state index is 12.2. The molecule has 1 aliphatic rings. The average molecular weight is 322 g/mol. The molecular formula is C14H14N2O3S2. The molecule has 5 nitrogen and oxygen atoms in total. The van der Waals surface area contributed by atoms with Gasteiger partial charge in [-0.25, -0.2) is 13.4 Å². The lowest BCUT2D eigenvalue weighted by Crippen LogP contribution is -2.27. The number of benzene rings is 1. The Kier molecular flexibility index (Phi) is 3.77. The zero-order chi connectivity index (χ0) is 14.9. The molecule has 1 aliphatic heterocycles. The van der Waals surface area contributed by atoms with Gasteiger partial charge in [0.15, 0.2) is 0 Å². The van der Waals surface area contributed by atoms with E-state index in [-0.39, 0.29) is 22.4 Å². The quantitative estimate of drug-likeness (QED) is 0.861. The van der Waals surface area contributed by atoms with Gasteiger partial charge < -0.3 is 4.90 Å². The van der Waals surface area contributed by atoms with Gasteiger partial charge in [0.2, 0.25) is 20.1 Å². The minimum atomic E-state index is -3.45. The number of sulfone groups is 1. The molecule has 0 atom stereocenters. The Morgan fingerprint density at radius 1 is 1.24 bits per heavy atom. The summed E-state index contributed by atoms with van der Waals surface area (Å²) in [5.41, 5.74) is 2.27. The lowest BCUT2D eigenvalue weighted by atomic mass is 10.1. The summed E-state index contributed by atoms with van der Waals surface area (Å²) in [5.74, 6) is -0.321. The molecular weight excluding hydrogens is 308 g/mol. The summed E-state index contributed by atoms with van der Waals surface area (Å²) in [6.07, 6.45) is 1.45. The van der Waals surface area contributed by atoms with Crippen molar-refractivity contribution in [3.63, 3.8) is 0 Å². The normalized spacial score (nSPS) is 14.2. The van der Waals surface area contributed by atoms with Crippen molar-refractivity contribution in [1.82, 2.24) is 9.88 Å². The lowest BCUT2D eigenvalue weighted by Gasteiger charge is -2.15. The van der Waals surface area contributed by atoms with Gasteiger partial charge in [-0.3, -0.25) is 4.79 Å². The third-order valence-electron chi connectivity index (χ3n) is 3.45. The van der Waals surface area contributed by atoms with Gasteiger partial charge in [-0.05, 0) is 11.1 Å². The maximum Gasteiger partial charge on any atom is 0.224 e. The zero-order valence-corrected chi connectivity index (χ0v) is 12.9. The molecule has 0 unspecified atom stereocenters. The smallest absolute Gasteiger partial charge is 0.224 e. The van der Waals surface area contributed by atoms with Crippen molar-refractivity contribution >= 4 is 27.1 Å². The van der Waals surface area contributed by atoms with E-state index in [2.05, 4.69) is 4.98 Å². The highest BCUT2D eigenvalue weighted by molar-refractivity contribution is 7.93. The third kappa shape index (κ3) is 2.98. The molecule has 0 aliphatic carbocycles. The van der Waals surface area contributed by atoms with Gasteiger partial charge in [0, 0.05) is 31.1 Å². The fraction of sp³-hybridized carbons (Fsp3) is 0.286. The number of thiazole rings is 1. The number of aromatic nitrogens is 1. The van der Waals surface area contributed by atoms with Gasteiger partial charge in [-0.2, -0.15) is 0 Å². The fourth-order valence-electron chi connectivity index (χ4n) is 2.34. The first-order valence-corrected chi connectivity index (χ1v) is 9.06. The molecule has 0 bridgehead atoms. The van der Waals surface area contributed by atoms with Crippen molar-refractivity contribution in [3.8, 4) is 0 Å². The molecule has 0 spiro atoms. The number of amides is 1. The second-order valence-corrected chi connectivity index (χ2v) is 8.06. The Bertz CT molecular complexity index is 729. The van der Waals surface area contributed by atoms with Crippen LogP contribution in [0.3, 0.4) is 0 Å². The third-order valence-corrected chi connectivity index (χ3v) is 6.45. The van der Waals surface area contributed by atoms with E-state index in [1.165, 1.54) is 6.20 Å². The van der Waals surface area contributed by atoms with Crippen molar-refractivity contribution in [2.24, 2.45) is 0 Å². The predicted molar refractivity (Wildman–Crippen MR) is 79.5 cm³/mol. The van der Waals surface area contributed by atoms with Crippen LogP contribution in [0.25, 0.3) is 0 Å². The molecule has 0 saturated carbocycles. The Balaban J connectivity index is 1.62. The largest absolute Gasteiger partial charge is 0.334 e. The summed E-state index contributed by atoms with van der Waals surface area (Å²) in [6.45, 7) is 1.12. The summed E-state index contributed by atoms with van der Waals surface area (Å²) < 4.78 is 24.1. The van der Waals surface area contributed by atoms with Crippen LogP contribution in [0.5, 0.6) is 0 Å². The van der Waals surface area contributed by atoms with Crippen LogP contribution in [0.15, 0.2) is 40.2 Å². The monoisotopic (exact) mass is 322 g/mol. The summed E-state index contributed by atoms with van der Waals surface area (Å²) in [4.78, 5) is 17.7. The van der Waals surface area contributed by atoms with Crippen molar-refractivity contribution in [2.75, 3.05) is 5.75 Å². The second kappa shape index (κ2) is 5.57. The van der Waals surface area contributed by atoms with Gasteiger partial charge >= 0.3 is 0 Å². The van der Waals surface area contributed by atoms with Crippen LogP contribution in [0.2, 0.25) is 0 Å². The molecule has 0 N–H and O–H groups in total. The molecule has 21 heavy (non-hydrogen) atoms. The minimum absolute atomic E-state index is 0.00407. The highest BCUT2D eigenvalue weighted by Crippen LogP contribution is 2.23. The fourth-order valence-corrected chi connectivity index (χ4v) is 4.54. The Morgan fingerprint density at radius 3 is 2.48 bits per heavy atom. The molecule has 2 heterocycles. The van der Waals surface area contributed by atoms with Crippen LogP contribution in [0.1, 0.15) is 17.5 Å². The van der Waals surface area contributed by atoms with Crippen molar-refractivity contribution in [1.29, 1.82) is 0 Å². The van der Waals surface area contributed by atoms with Crippen LogP contribution in [-0.4, -0.2) is 30.0 Å². The van der Waals surface area contributed by atoms with Gasteiger partial charge in [-0.1, -0.05) is 24.3 Å². The molecule has 0 radical (unpaired) electrons. The topological polar surface area (TPSA) is 67.3 Å². The number of fused-ring (bicyclic) bond motifs is 1. The molecule has 1 aromatic heterocycles. The zero-order valence-electron chi connectivity index (χ0n) is 11.2. The van der Waals surface area contributed by atoms with Crippen molar-refractivity contribution in [2.45, 2.75) is 23.8 Å². The van der Waals surface area contributed by atoms with Gasteiger partial charge in [-0.15, -0.1) is 11.3 Å². The van der Waals surface area contributed by atoms with Crippen LogP contribution in [0, 0.1) is 0 Å². The summed E-state index contributed by atoms with van der Waals surface area (Å²) in [7, 11) is -3.45. The number of carbonyl (C=O) groups excluding carboxylic acids is 1. The molecule has 7 heteroatoms. The van der Waals surface area contributed by atoms with E-state index >= 15 is 0 Å². The highest BCUT2D eigenvalue weighted by Gasteiger charge is 2.25. The number of carbonyl (C=O) groups is 1. The molecule has 0 saturated heterocycles. The summed E-state index contributed by atoms with van der Waals surface area (Å²) in [6, 6.07) is 7.88. The van der Waals surface area contributed by atoms with Gasteiger partial charge in [0.25, 0.3) is 0 Å². The number of hydrogen-bond donors (Lipinski definition) is 0. The maximum absolute atomic E-state index is 12.2. The SMILES string of the molecule is O=C(CCS(=O)(=O)c1nccs1)N1Cc2ccccc2C1. The molecule has 0 fully saturated rings. The van der Waals surface area contributed by atoms with E-state index in [1.54, 1.807) is 10.3 Å². The number of nitrogens with zero attached hydrogens (tertiary/aromatic N) is 2.